The number of thiophene rings is 1. The van der Waals surface area contributed by atoms with Gasteiger partial charge in [0.25, 0.3) is 5.91 Å². The minimum atomic E-state index is -0.317. The molecule has 0 aliphatic carbocycles. The van der Waals surface area contributed by atoms with Gasteiger partial charge in [0.1, 0.15) is 0 Å². The number of tetrazole rings is 1. The van der Waals surface area contributed by atoms with E-state index in [2.05, 4.69) is 37.8 Å². The number of aryl methyl sites for hydroxylation is 1. The van der Waals surface area contributed by atoms with Gasteiger partial charge in [-0.1, -0.05) is 17.1 Å². The topological polar surface area (TPSA) is 110 Å². The van der Waals surface area contributed by atoms with Gasteiger partial charge >= 0.3 is 0 Å². The molecule has 0 saturated carbocycles. The molecule has 2 heterocycles. The minimum Gasteiger partial charge on any atom is -0.341 e. The van der Waals surface area contributed by atoms with Gasteiger partial charge in [-0.15, -0.1) is 21.5 Å². The van der Waals surface area contributed by atoms with Crippen LogP contribution >= 0.6 is 11.3 Å². The summed E-state index contributed by atoms with van der Waals surface area (Å²) in [6.45, 7) is 4.00. The lowest BCUT2D eigenvalue weighted by molar-refractivity contribution is 0.0942. The predicted molar refractivity (Wildman–Crippen MR) is 75.0 cm³/mol. The highest BCUT2D eigenvalue weighted by molar-refractivity contribution is 7.14. The van der Waals surface area contributed by atoms with E-state index in [4.69, 9.17) is 5.73 Å². The average Bonchev–Trinajstić information content (AvgIpc) is 3.06. The lowest BCUT2D eigenvalue weighted by atomic mass is 10.2. The number of hydrogen-bond acceptors (Lipinski definition) is 6. The Balaban J connectivity index is 2.10. The Morgan fingerprint density at radius 1 is 1.65 bits per heavy atom. The second-order valence-corrected chi connectivity index (χ2v) is 5.15. The number of amides is 1. The first-order valence-corrected chi connectivity index (χ1v) is 6.77. The van der Waals surface area contributed by atoms with Crippen LogP contribution in [0.4, 0.5) is 0 Å². The molecule has 8 heteroatoms. The van der Waals surface area contributed by atoms with Crippen LogP contribution in [0.3, 0.4) is 0 Å². The van der Waals surface area contributed by atoms with Crippen molar-refractivity contribution in [2.24, 2.45) is 5.73 Å². The molecule has 7 nitrogen and oxygen atoms in total. The van der Waals surface area contributed by atoms with Gasteiger partial charge < -0.3 is 11.1 Å². The van der Waals surface area contributed by atoms with Crippen LogP contribution in [0.2, 0.25) is 0 Å². The SMILES string of the molecule is Cc1cc(C(=O)NC(C)c2nn[nH]n2)sc1C#CCN. The van der Waals surface area contributed by atoms with Gasteiger partial charge in [-0.05, 0) is 25.5 Å². The van der Waals surface area contributed by atoms with Crippen LogP contribution in [-0.2, 0) is 0 Å². The van der Waals surface area contributed by atoms with Crippen LogP contribution in [0.5, 0.6) is 0 Å². The highest BCUT2D eigenvalue weighted by Crippen LogP contribution is 2.21. The van der Waals surface area contributed by atoms with E-state index in [0.717, 1.165) is 10.4 Å². The number of aromatic nitrogens is 4. The zero-order chi connectivity index (χ0) is 14.5. The number of carbonyl (C=O) groups excluding carboxylic acids is 1. The molecular formula is C12H14N6OS. The van der Waals surface area contributed by atoms with E-state index in [1.54, 1.807) is 6.92 Å². The van der Waals surface area contributed by atoms with E-state index in [1.807, 2.05) is 13.0 Å². The molecule has 0 aliphatic heterocycles. The summed E-state index contributed by atoms with van der Waals surface area (Å²) in [4.78, 5) is 13.6. The number of aromatic amines is 1. The second kappa shape index (κ2) is 6.27. The molecule has 1 unspecified atom stereocenters. The largest absolute Gasteiger partial charge is 0.341 e. The first-order chi connectivity index (χ1) is 9.61. The van der Waals surface area contributed by atoms with Gasteiger partial charge in [0.05, 0.1) is 22.3 Å². The molecule has 0 aromatic carbocycles. The minimum absolute atomic E-state index is 0.184. The molecule has 0 spiro atoms. The number of nitrogens with zero attached hydrogens (tertiary/aromatic N) is 3. The van der Waals surface area contributed by atoms with Crippen LogP contribution in [0.15, 0.2) is 6.07 Å². The molecule has 0 aliphatic rings. The van der Waals surface area contributed by atoms with E-state index < -0.39 is 0 Å². The summed E-state index contributed by atoms with van der Waals surface area (Å²) < 4.78 is 0. The summed E-state index contributed by atoms with van der Waals surface area (Å²) in [6.07, 6.45) is 0. The van der Waals surface area contributed by atoms with Crippen molar-refractivity contribution in [3.63, 3.8) is 0 Å². The summed E-state index contributed by atoms with van der Waals surface area (Å²) in [5, 5.41) is 16.3. The molecule has 4 N–H and O–H groups in total. The van der Waals surface area contributed by atoms with E-state index >= 15 is 0 Å². The Bertz CT molecular complexity index is 651. The Morgan fingerprint density at radius 3 is 3.10 bits per heavy atom. The fraction of sp³-hybridized carbons (Fsp3) is 0.333. The van der Waals surface area contributed by atoms with E-state index in [-0.39, 0.29) is 11.9 Å². The molecule has 2 aromatic rings. The molecule has 0 fully saturated rings. The van der Waals surface area contributed by atoms with Crippen molar-refractivity contribution in [1.29, 1.82) is 0 Å². The Morgan fingerprint density at radius 2 is 2.45 bits per heavy atom. The number of nitrogens with one attached hydrogen (secondary N) is 2. The number of rotatable bonds is 3. The van der Waals surface area contributed by atoms with Gasteiger partial charge in [-0.3, -0.25) is 4.79 Å². The molecule has 104 valence electrons. The Labute approximate surface area is 120 Å². The summed E-state index contributed by atoms with van der Waals surface area (Å²) in [6, 6.07) is 1.49. The van der Waals surface area contributed by atoms with Crippen molar-refractivity contribution in [2.75, 3.05) is 6.54 Å². The summed E-state index contributed by atoms with van der Waals surface area (Å²) >= 11 is 1.34. The van der Waals surface area contributed by atoms with Crippen LogP contribution in [-0.4, -0.2) is 33.1 Å². The molecule has 2 rings (SSSR count). The Kier molecular flexibility index (Phi) is 4.45. The number of nitrogens with two attached hydrogens (primary N) is 1. The lowest BCUT2D eigenvalue weighted by Gasteiger charge is -2.08. The summed E-state index contributed by atoms with van der Waals surface area (Å²) in [7, 11) is 0. The quantitative estimate of drug-likeness (QED) is 0.708. The molecule has 1 amide bonds. The molecular weight excluding hydrogens is 276 g/mol. The van der Waals surface area contributed by atoms with Crippen molar-refractivity contribution in [2.45, 2.75) is 19.9 Å². The third kappa shape index (κ3) is 3.20. The van der Waals surface area contributed by atoms with Crippen LogP contribution in [0.1, 0.15) is 38.9 Å². The van der Waals surface area contributed by atoms with Crippen LogP contribution < -0.4 is 11.1 Å². The van der Waals surface area contributed by atoms with Gasteiger partial charge in [-0.2, -0.15) is 5.21 Å². The fourth-order valence-corrected chi connectivity index (χ4v) is 2.49. The zero-order valence-corrected chi connectivity index (χ0v) is 11.9. The van der Waals surface area contributed by atoms with Crippen molar-refractivity contribution in [3.05, 3.63) is 27.2 Å². The number of carbonyl (C=O) groups is 1. The van der Waals surface area contributed by atoms with E-state index in [0.29, 0.717) is 17.2 Å². The van der Waals surface area contributed by atoms with Crippen LogP contribution in [0.25, 0.3) is 0 Å². The third-order valence-corrected chi connectivity index (χ3v) is 3.69. The van der Waals surface area contributed by atoms with Crippen LogP contribution in [0, 0.1) is 18.8 Å². The summed E-state index contributed by atoms with van der Waals surface area (Å²) in [5.41, 5.74) is 6.31. The van der Waals surface area contributed by atoms with Crippen molar-refractivity contribution in [3.8, 4) is 11.8 Å². The molecule has 0 radical (unpaired) electrons. The van der Waals surface area contributed by atoms with E-state index in [1.165, 1.54) is 11.3 Å². The molecule has 20 heavy (non-hydrogen) atoms. The Hall–Kier alpha value is -2.24. The molecule has 2 aromatic heterocycles. The van der Waals surface area contributed by atoms with Gasteiger partial charge in [0.15, 0.2) is 5.82 Å². The second-order valence-electron chi connectivity index (χ2n) is 4.09. The maximum atomic E-state index is 12.1. The predicted octanol–water partition coefficient (Wildman–Crippen LogP) is 0.371. The molecule has 1 atom stereocenters. The molecule has 0 saturated heterocycles. The monoisotopic (exact) mass is 290 g/mol. The highest BCUT2D eigenvalue weighted by Gasteiger charge is 2.17. The zero-order valence-electron chi connectivity index (χ0n) is 11.1. The lowest BCUT2D eigenvalue weighted by Crippen LogP contribution is -2.26. The van der Waals surface area contributed by atoms with E-state index in [9.17, 15) is 4.79 Å². The first-order valence-electron chi connectivity index (χ1n) is 5.95. The van der Waals surface area contributed by atoms with Gasteiger partial charge in [-0.25, -0.2) is 0 Å². The van der Waals surface area contributed by atoms with Gasteiger partial charge in [0.2, 0.25) is 0 Å². The average molecular weight is 290 g/mol. The first kappa shape index (κ1) is 14.2. The van der Waals surface area contributed by atoms with Crippen molar-refractivity contribution in [1.82, 2.24) is 25.9 Å². The highest BCUT2D eigenvalue weighted by atomic mass is 32.1. The fourth-order valence-electron chi connectivity index (χ4n) is 1.53. The summed E-state index contributed by atoms with van der Waals surface area (Å²) in [5.74, 6) is 5.99. The third-order valence-electron chi connectivity index (χ3n) is 2.54. The van der Waals surface area contributed by atoms with Gasteiger partial charge in [0, 0.05) is 0 Å². The standard InChI is InChI=1S/C12H14N6OS/c1-7-6-10(20-9(7)4-3-5-13)12(19)14-8(2)11-15-17-18-16-11/h6,8H,5,13H2,1-2H3,(H,14,19)(H,15,16,17,18). The smallest absolute Gasteiger partial charge is 0.261 e. The van der Waals surface area contributed by atoms with Crippen molar-refractivity contribution >= 4 is 17.2 Å². The number of H-pyrrole nitrogens is 1. The van der Waals surface area contributed by atoms with Crippen molar-refractivity contribution < 1.29 is 4.79 Å². The maximum absolute atomic E-state index is 12.1. The normalized spacial score (nSPS) is 11.6. The number of hydrogen-bond donors (Lipinski definition) is 3. The maximum Gasteiger partial charge on any atom is 0.261 e. The molecule has 0 bridgehead atoms.